The molecule has 1 aromatic heterocycles. The Hall–Kier alpha value is -1.34. The summed E-state index contributed by atoms with van der Waals surface area (Å²) in [5.74, 6) is 0.277. The van der Waals surface area contributed by atoms with Crippen molar-refractivity contribution in [2.75, 3.05) is 13.4 Å². The monoisotopic (exact) mass is 237 g/mol. The smallest absolute Gasteiger partial charge is 0.411 e. The third kappa shape index (κ3) is 4.94. The number of alkyl halides is 3. The van der Waals surface area contributed by atoms with Crippen molar-refractivity contribution in [3.63, 3.8) is 0 Å². The van der Waals surface area contributed by atoms with Gasteiger partial charge in [-0.3, -0.25) is 4.98 Å². The van der Waals surface area contributed by atoms with Crippen LogP contribution in [0.25, 0.3) is 0 Å². The van der Waals surface area contributed by atoms with Gasteiger partial charge in [0.2, 0.25) is 0 Å². The molecule has 0 aliphatic carbocycles. The van der Waals surface area contributed by atoms with Gasteiger partial charge in [0.1, 0.15) is 12.4 Å². The molecule has 1 aromatic rings. The van der Waals surface area contributed by atoms with Crippen molar-refractivity contribution in [1.82, 2.24) is 4.98 Å². The number of hydrogen-bond donors (Lipinski definition) is 1. The lowest BCUT2D eigenvalue weighted by Gasteiger charge is -2.09. The zero-order valence-corrected chi connectivity index (χ0v) is 8.20. The van der Waals surface area contributed by atoms with Gasteiger partial charge in [-0.25, -0.2) is 0 Å². The van der Waals surface area contributed by atoms with Crippen LogP contribution in [0.1, 0.15) is 5.69 Å². The molecule has 0 radical (unpaired) electrons. The van der Waals surface area contributed by atoms with Crippen molar-refractivity contribution < 1.29 is 27.8 Å². The second kappa shape index (κ2) is 5.66. The molecule has 7 heteroatoms. The molecule has 1 N–H and O–H groups in total. The molecule has 0 saturated heterocycles. The Morgan fingerprint density at radius 3 is 2.56 bits per heavy atom. The minimum absolute atomic E-state index is 0.204. The number of aromatic nitrogens is 1. The largest absolute Gasteiger partial charge is 0.466 e. The fourth-order valence-corrected chi connectivity index (χ4v) is 0.857. The second-order valence-corrected chi connectivity index (χ2v) is 2.87. The van der Waals surface area contributed by atoms with Crippen LogP contribution in [0.5, 0.6) is 5.75 Å². The van der Waals surface area contributed by atoms with Crippen LogP contribution in [-0.4, -0.2) is 29.7 Å². The maximum atomic E-state index is 11.7. The number of hydrogen-bond acceptors (Lipinski definition) is 4. The molecule has 1 heterocycles. The minimum atomic E-state index is -4.36. The normalized spacial score (nSPS) is 11.5. The Balaban J connectivity index is 2.27. The second-order valence-electron chi connectivity index (χ2n) is 2.87. The summed E-state index contributed by atoms with van der Waals surface area (Å²) in [5.41, 5.74) is 0.448. The highest BCUT2D eigenvalue weighted by Gasteiger charge is 2.27. The summed E-state index contributed by atoms with van der Waals surface area (Å²) in [4.78, 5) is 3.77. The molecule has 0 fully saturated rings. The lowest BCUT2D eigenvalue weighted by atomic mass is 10.3. The van der Waals surface area contributed by atoms with Crippen molar-refractivity contribution in [3.8, 4) is 5.75 Å². The van der Waals surface area contributed by atoms with E-state index < -0.39 is 19.6 Å². The lowest BCUT2D eigenvalue weighted by molar-refractivity contribution is -0.186. The summed E-state index contributed by atoms with van der Waals surface area (Å²) >= 11 is 0. The topological polar surface area (TPSA) is 51.6 Å². The molecule has 0 spiro atoms. The fraction of sp³-hybridized carbons (Fsp3) is 0.444. The molecule has 0 aromatic carbocycles. The van der Waals surface area contributed by atoms with Gasteiger partial charge in [-0.1, -0.05) is 0 Å². The van der Waals surface area contributed by atoms with Gasteiger partial charge in [-0.2, -0.15) is 13.2 Å². The van der Waals surface area contributed by atoms with Gasteiger partial charge >= 0.3 is 6.18 Å². The van der Waals surface area contributed by atoms with E-state index in [1.807, 2.05) is 0 Å². The van der Waals surface area contributed by atoms with Crippen LogP contribution in [0, 0.1) is 0 Å². The zero-order valence-electron chi connectivity index (χ0n) is 8.20. The molecule has 0 aliphatic rings. The van der Waals surface area contributed by atoms with E-state index in [4.69, 9.17) is 9.84 Å². The van der Waals surface area contributed by atoms with E-state index in [1.54, 1.807) is 0 Å². The highest BCUT2D eigenvalue weighted by Crippen LogP contribution is 2.15. The van der Waals surface area contributed by atoms with Crippen molar-refractivity contribution in [1.29, 1.82) is 0 Å². The summed E-state index contributed by atoms with van der Waals surface area (Å²) in [6.07, 6.45) is -3.06. The Morgan fingerprint density at radius 2 is 2.06 bits per heavy atom. The molecule has 0 bridgehead atoms. The Labute approximate surface area is 89.6 Å². The van der Waals surface area contributed by atoms with E-state index in [2.05, 4.69) is 9.72 Å². The van der Waals surface area contributed by atoms with Gasteiger partial charge < -0.3 is 14.6 Å². The predicted molar refractivity (Wildman–Crippen MR) is 47.7 cm³/mol. The molecule has 0 aliphatic heterocycles. The highest BCUT2D eigenvalue weighted by atomic mass is 19.4. The molecule has 4 nitrogen and oxygen atoms in total. The van der Waals surface area contributed by atoms with E-state index in [9.17, 15) is 13.2 Å². The third-order valence-corrected chi connectivity index (χ3v) is 1.53. The Kier molecular flexibility index (Phi) is 4.51. The zero-order chi connectivity index (χ0) is 12.0. The number of ether oxygens (including phenoxy) is 2. The standard InChI is InChI=1S/C9H10F3NO3/c10-9(11,12)5-15-6-16-8-2-1-7(4-14)13-3-8/h1-3,14H,4-6H2. The summed E-state index contributed by atoms with van der Waals surface area (Å²) in [7, 11) is 0. The van der Waals surface area contributed by atoms with Gasteiger partial charge in [0, 0.05) is 0 Å². The third-order valence-electron chi connectivity index (χ3n) is 1.53. The summed E-state index contributed by atoms with van der Waals surface area (Å²) in [6.45, 7) is -2.06. The van der Waals surface area contributed by atoms with Crippen molar-refractivity contribution in [2.45, 2.75) is 12.8 Å². The van der Waals surface area contributed by atoms with E-state index in [1.165, 1.54) is 18.3 Å². The van der Waals surface area contributed by atoms with Crippen LogP contribution in [0.3, 0.4) is 0 Å². The highest BCUT2D eigenvalue weighted by molar-refractivity contribution is 5.19. The summed E-state index contributed by atoms with van der Waals surface area (Å²) in [5, 5.41) is 8.68. The van der Waals surface area contributed by atoms with Gasteiger partial charge in [0.05, 0.1) is 18.5 Å². The van der Waals surface area contributed by atoms with Crippen LogP contribution in [0.4, 0.5) is 13.2 Å². The van der Waals surface area contributed by atoms with E-state index in [0.29, 0.717) is 5.69 Å². The first kappa shape index (κ1) is 12.7. The minimum Gasteiger partial charge on any atom is -0.466 e. The van der Waals surface area contributed by atoms with Gasteiger partial charge in [-0.15, -0.1) is 0 Å². The number of nitrogens with zero attached hydrogens (tertiary/aromatic N) is 1. The Morgan fingerprint density at radius 1 is 1.31 bits per heavy atom. The molecular formula is C9H10F3NO3. The molecule has 90 valence electrons. The van der Waals surface area contributed by atoms with Crippen molar-refractivity contribution in [2.24, 2.45) is 0 Å². The molecule has 16 heavy (non-hydrogen) atoms. The molecule has 0 saturated carbocycles. The average Bonchev–Trinajstić information content (AvgIpc) is 2.24. The number of pyridine rings is 1. The van der Waals surface area contributed by atoms with Crippen molar-refractivity contribution in [3.05, 3.63) is 24.0 Å². The van der Waals surface area contributed by atoms with Crippen LogP contribution in [-0.2, 0) is 11.3 Å². The fourth-order valence-electron chi connectivity index (χ4n) is 0.857. The maximum absolute atomic E-state index is 11.7. The van der Waals surface area contributed by atoms with E-state index in [-0.39, 0.29) is 12.4 Å². The van der Waals surface area contributed by atoms with Crippen molar-refractivity contribution >= 4 is 0 Å². The number of aliphatic hydroxyl groups excluding tert-OH is 1. The SMILES string of the molecule is OCc1ccc(OCOCC(F)(F)F)cn1. The quantitative estimate of drug-likeness (QED) is 0.622. The molecule has 1 rings (SSSR count). The molecule has 0 atom stereocenters. The van der Waals surface area contributed by atoms with Crippen LogP contribution < -0.4 is 4.74 Å². The summed E-state index contributed by atoms with van der Waals surface area (Å²) in [6, 6.07) is 2.98. The molecular weight excluding hydrogens is 227 g/mol. The first-order valence-corrected chi connectivity index (χ1v) is 4.34. The van der Waals surface area contributed by atoms with Gasteiger partial charge in [0.15, 0.2) is 6.79 Å². The number of rotatable bonds is 5. The van der Waals surface area contributed by atoms with Crippen LogP contribution >= 0.6 is 0 Å². The maximum Gasteiger partial charge on any atom is 0.411 e. The first-order valence-electron chi connectivity index (χ1n) is 4.34. The van der Waals surface area contributed by atoms with E-state index >= 15 is 0 Å². The average molecular weight is 237 g/mol. The molecule has 0 amide bonds. The first-order chi connectivity index (χ1) is 7.51. The number of halogens is 3. The van der Waals surface area contributed by atoms with Crippen LogP contribution in [0.15, 0.2) is 18.3 Å². The lowest BCUT2D eigenvalue weighted by Crippen LogP contribution is -2.19. The predicted octanol–water partition coefficient (Wildman–Crippen LogP) is 1.49. The summed E-state index contributed by atoms with van der Waals surface area (Å²) < 4.78 is 44.0. The van der Waals surface area contributed by atoms with E-state index in [0.717, 1.165) is 0 Å². The Bertz CT molecular complexity index is 313. The number of aliphatic hydroxyl groups is 1. The van der Waals surface area contributed by atoms with Gasteiger partial charge in [-0.05, 0) is 12.1 Å². The molecule has 0 unspecified atom stereocenters. The van der Waals surface area contributed by atoms with Crippen LogP contribution in [0.2, 0.25) is 0 Å². The van der Waals surface area contributed by atoms with Gasteiger partial charge in [0.25, 0.3) is 0 Å².